The van der Waals surface area contributed by atoms with Crippen LogP contribution < -0.4 is 4.74 Å². The monoisotopic (exact) mass is 366 g/mol. The number of amidine groups is 1. The lowest BCUT2D eigenvalue weighted by Crippen LogP contribution is -2.38. The first-order valence-electron chi connectivity index (χ1n) is 8.58. The highest BCUT2D eigenvalue weighted by Gasteiger charge is 2.22. The first-order chi connectivity index (χ1) is 12.7. The van der Waals surface area contributed by atoms with Crippen molar-refractivity contribution in [3.05, 3.63) is 65.7 Å². The summed E-state index contributed by atoms with van der Waals surface area (Å²) in [6, 6.07) is 15.7. The van der Waals surface area contributed by atoms with Crippen LogP contribution in [-0.4, -0.2) is 35.4 Å². The first kappa shape index (κ1) is 18.3. The molecule has 0 unspecified atom stereocenters. The second kappa shape index (κ2) is 8.72. The Balaban J connectivity index is 1.85. The van der Waals surface area contributed by atoms with E-state index in [0.29, 0.717) is 12.3 Å². The summed E-state index contributed by atoms with van der Waals surface area (Å²) in [4.78, 5) is 19.2. The van der Waals surface area contributed by atoms with E-state index >= 15 is 0 Å². The van der Waals surface area contributed by atoms with Crippen LogP contribution in [0.2, 0.25) is 0 Å². The van der Waals surface area contributed by atoms with Gasteiger partial charge in [-0.3, -0.25) is 9.69 Å². The van der Waals surface area contributed by atoms with Crippen LogP contribution in [0.15, 0.2) is 59.6 Å². The summed E-state index contributed by atoms with van der Waals surface area (Å²) >= 11 is 1.61. The maximum atomic E-state index is 12.7. The summed E-state index contributed by atoms with van der Waals surface area (Å²) in [7, 11) is 1.63. The largest absolute Gasteiger partial charge is 0.494 e. The van der Waals surface area contributed by atoms with E-state index in [1.54, 1.807) is 29.8 Å². The zero-order chi connectivity index (χ0) is 18.4. The molecule has 26 heavy (non-hydrogen) atoms. The van der Waals surface area contributed by atoms with E-state index in [4.69, 9.17) is 9.73 Å². The van der Waals surface area contributed by atoms with E-state index in [2.05, 4.69) is 0 Å². The molecule has 0 bridgehead atoms. The van der Waals surface area contributed by atoms with E-state index in [9.17, 15) is 4.79 Å². The smallest absolute Gasteiger partial charge is 0.252 e. The minimum atomic E-state index is -0.0496. The summed E-state index contributed by atoms with van der Waals surface area (Å²) in [6.45, 7) is 2.70. The molecule has 0 atom stereocenters. The van der Waals surface area contributed by atoms with Gasteiger partial charge in [0, 0.05) is 18.4 Å². The number of nitrogens with zero attached hydrogens (tertiary/aromatic N) is 2. The summed E-state index contributed by atoms with van der Waals surface area (Å²) < 4.78 is 5.41. The van der Waals surface area contributed by atoms with Gasteiger partial charge in [-0.05, 0) is 42.7 Å². The van der Waals surface area contributed by atoms with Gasteiger partial charge in [0.1, 0.15) is 11.4 Å². The lowest BCUT2D eigenvalue weighted by molar-refractivity contribution is -0.122. The van der Waals surface area contributed by atoms with Crippen molar-refractivity contribution < 1.29 is 9.53 Å². The highest BCUT2D eigenvalue weighted by molar-refractivity contribution is 8.13. The molecule has 1 fully saturated rings. The SMILES string of the molecule is COc1ccc(C)cc1N=C1SCCCN1C(=O)C=Cc1ccccc1. The van der Waals surface area contributed by atoms with Gasteiger partial charge in [0.05, 0.1) is 7.11 Å². The van der Waals surface area contributed by atoms with Crippen molar-refractivity contribution in [1.82, 2.24) is 4.90 Å². The maximum absolute atomic E-state index is 12.7. The summed E-state index contributed by atoms with van der Waals surface area (Å²) in [5.74, 6) is 1.62. The molecule has 0 spiro atoms. The number of carbonyl (C=O) groups excluding carboxylic acids is 1. The molecule has 2 aromatic rings. The van der Waals surface area contributed by atoms with Crippen molar-refractivity contribution in [2.45, 2.75) is 13.3 Å². The predicted molar refractivity (Wildman–Crippen MR) is 109 cm³/mol. The first-order valence-corrected chi connectivity index (χ1v) is 9.56. The van der Waals surface area contributed by atoms with Gasteiger partial charge in [-0.15, -0.1) is 0 Å². The third-order valence-electron chi connectivity index (χ3n) is 4.02. The zero-order valence-corrected chi connectivity index (χ0v) is 15.8. The lowest BCUT2D eigenvalue weighted by atomic mass is 10.2. The fourth-order valence-electron chi connectivity index (χ4n) is 2.67. The van der Waals surface area contributed by atoms with Gasteiger partial charge >= 0.3 is 0 Å². The number of carbonyl (C=O) groups is 1. The zero-order valence-electron chi connectivity index (χ0n) is 15.0. The van der Waals surface area contributed by atoms with Crippen LogP contribution in [0.25, 0.3) is 6.08 Å². The number of ether oxygens (including phenoxy) is 1. The molecule has 0 saturated carbocycles. The van der Waals surface area contributed by atoms with Crippen molar-refractivity contribution in [3.63, 3.8) is 0 Å². The quantitative estimate of drug-likeness (QED) is 0.739. The second-order valence-electron chi connectivity index (χ2n) is 6.01. The van der Waals surface area contributed by atoms with Crippen LogP contribution in [-0.2, 0) is 4.79 Å². The average molecular weight is 366 g/mol. The molecule has 1 heterocycles. The molecule has 0 N–H and O–H groups in total. The van der Waals surface area contributed by atoms with Gasteiger partial charge in [-0.1, -0.05) is 48.2 Å². The predicted octanol–water partition coefficient (Wildman–Crippen LogP) is 4.67. The van der Waals surface area contributed by atoms with Crippen LogP contribution >= 0.6 is 11.8 Å². The van der Waals surface area contributed by atoms with Crippen LogP contribution in [0, 0.1) is 6.92 Å². The fraction of sp³-hybridized carbons (Fsp3) is 0.238. The molecular weight excluding hydrogens is 344 g/mol. The third-order valence-corrected chi connectivity index (χ3v) is 5.09. The third kappa shape index (κ3) is 4.55. The Labute approximate surface area is 158 Å². The van der Waals surface area contributed by atoms with Crippen LogP contribution in [0.4, 0.5) is 5.69 Å². The molecule has 2 aromatic carbocycles. The van der Waals surface area contributed by atoms with E-state index in [-0.39, 0.29) is 5.91 Å². The summed E-state index contributed by atoms with van der Waals surface area (Å²) in [6.07, 6.45) is 4.41. The number of rotatable bonds is 4. The van der Waals surface area contributed by atoms with Gasteiger partial charge in [0.25, 0.3) is 5.91 Å². The van der Waals surface area contributed by atoms with Gasteiger partial charge in [-0.25, -0.2) is 4.99 Å². The van der Waals surface area contributed by atoms with E-state index in [0.717, 1.165) is 34.2 Å². The van der Waals surface area contributed by atoms with Gasteiger partial charge in [0.15, 0.2) is 5.17 Å². The Morgan fingerprint density at radius 3 is 2.81 bits per heavy atom. The van der Waals surface area contributed by atoms with Crippen molar-refractivity contribution in [3.8, 4) is 5.75 Å². The minimum Gasteiger partial charge on any atom is -0.494 e. The molecule has 0 radical (unpaired) electrons. The molecule has 5 heteroatoms. The van der Waals surface area contributed by atoms with Crippen LogP contribution in [0.3, 0.4) is 0 Å². The Morgan fingerprint density at radius 2 is 2.04 bits per heavy atom. The van der Waals surface area contributed by atoms with Crippen molar-refractivity contribution in [2.75, 3.05) is 19.4 Å². The van der Waals surface area contributed by atoms with Crippen molar-refractivity contribution in [2.24, 2.45) is 4.99 Å². The topological polar surface area (TPSA) is 41.9 Å². The Hall–Kier alpha value is -2.53. The van der Waals surface area contributed by atoms with Crippen molar-refractivity contribution in [1.29, 1.82) is 0 Å². The van der Waals surface area contributed by atoms with Gasteiger partial charge in [0.2, 0.25) is 0 Å². The van der Waals surface area contributed by atoms with Crippen molar-refractivity contribution >= 4 is 34.6 Å². The molecule has 3 rings (SSSR count). The number of amides is 1. The van der Waals surface area contributed by atoms with E-state index < -0.39 is 0 Å². The molecule has 134 valence electrons. The Kier molecular flexibility index (Phi) is 6.12. The highest BCUT2D eigenvalue weighted by atomic mass is 32.2. The Bertz CT molecular complexity index is 831. The van der Waals surface area contributed by atoms with Gasteiger partial charge < -0.3 is 4.74 Å². The Morgan fingerprint density at radius 1 is 1.23 bits per heavy atom. The molecule has 1 amide bonds. The van der Waals surface area contributed by atoms with Crippen LogP contribution in [0.1, 0.15) is 17.5 Å². The summed E-state index contributed by atoms with van der Waals surface area (Å²) in [5, 5.41) is 0.725. The number of aliphatic imine (C=N–C) groups is 1. The molecule has 1 saturated heterocycles. The fourth-order valence-corrected chi connectivity index (χ4v) is 3.62. The van der Waals surface area contributed by atoms with E-state index in [1.165, 1.54) is 0 Å². The number of methoxy groups -OCH3 is 1. The lowest BCUT2D eigenvalue weighted by Gasteiger charge is -2.27. The minimum absolute atomic E-state index is 0.0496. The number of hydrogen-bond donors (Lipinski definition) is 0. The summed E-state index contributed by atoms with van der Waals surface area (Å²) in [5.41, 5.74) is 2.86. The normalized spacial score (nSPS) is 16.2. The van der Waals surface area contributed by atoms with Gasteiger partial charge in [-0.2, -0.15) is 0 Å². The van der Waals surface area contributed by atoms with E-state index in [1.807, 2.05) is 61.5 Å². The standard InChI is InChI=1S/C21H22N2O2S/c1-16-9-11-19(25-2)18(15-16)22-21-23(13-6-14-26-21)20(24)12-10-17-7-4-3-5-8-17/h3-5,7-12,15H,6,13-14H2,1-2H3. The molecule has 4 nitrogen and oxygen atoms in total. The number of aryl methyl sites for hydroxylation is 1. The molecule has 0 aromatic heterocycles. The number of hydrogen-bond acceptors (Lipinski definition) is 4. The number of benzene rings is 2. The molecule has 1 aliphatic rings. The highest BCUT2D eigenvalue weighted by Crippen LogP contribution is 2.31. The number of thioether (sulfide) groups is 1. The molecular formula is C21H22N2O2S. The maximum Gasteiger partial charge on any atom is 0.252 e. The molecule has 1 aliphatic heterocycles. The average Bonchev–Trinajstić information content (AvgIpc) is 2.67. The second-order valence-corrected chi connectivity index (χ2v) is 7.07. The van der Waals surface area contributed by atoms with Crippen LogP contribution in [0.5, 0.6) is 5.75 Å². The molecule has 0 aliphatic carbocycles.